The summed E-state index contributed by atoms with van der Waals surface area (Å²) in [6, 6.07) is 0. The lowest BCUT2D eigenvalue weighted by Crippen LogP contribution is -2.30. The Kier molecular flexibility index (Phi) is 53.1. The molecule has 380 valence electrons. The highest BCUT2D eigenvalue weighted by Crippen LogP contribution is 2.11. The van der Waals surface area contributed by atoms with Crippen LogP contribution < -0.4 is 0 Å². The molecule has 0 aliphatic carbocycles. The normalized spacial score (nSPS) is 13.5. The zero-order valence-corrected chi connectivity index (χ0v) is 43.6. The first kappa shape index (κ1) is 63.5. The molecule has 0 fully saturated rings. The zero-order valence-electron chi connectivity index (χ0n) is 43.6. The third-order valence-corrected chi connectivity index (χ3v) is 10.5. The van der Waals surface area contributed by atoms with E-state index in [4.69, 9.17) is 14.2 Å². The maximum Gasteiger partial charge on any atom is 0.306 e. The number of hydrogen-bond donors (Lipinski definition) is 0. The van der Waals surface area contributed by atoms with E-state index in [1.54, 1.807) is 0 Å². The first-order valence-electron chi connectivity index (χ1n) is 27.0. The van der Waals surface area contributed by atoms with Crippen LogP contribution in [0.25, 0.3) is 0 Å². The molecule has 0 bridgehead atoms. The van der Waals surface area contributed by atoms with E-state index in [0.717, 1.165) is 161 Å². The highest BCUT2D eigenvalue weighted by Gasteiger charge is 2.17. The Morgan fingerprint density at radius 2 is 0.618 bits per heavy atom. The van der Waals surface area contributed by atoms with Gasteiger partial charge in [-0.15, -0.1) is 0 Å². The average Bonchev–Trinajstić information content (AvgIpc) is 3.34. The highest BCUT2D eigenvalue weighted by molar-refractivity contribution is 5.70. The second-order valence-electron chi connectivity index (χ2n) is 17.0. The molecular formula is C63H98O5. The molecule has 1 atom stereocenters. The van der Waals surface area contributed by atoms with Crippen molar-refractivity contribution in [2.24, 2.45) is 0 Å². The number of carbonyl (C=O) groups is 2. The SMILES string of the molecule is CC/C=C\C/C=C\C/C=C\C/C=C\C/C=C\CCCCCC(=O)OCC(COCCCC/C=C\C/C=C\C/C=C\C/C=C\C/C=C\CC)OC(=O)CCCCCCC/C=C\C/C=C\C/C=C\CC. The van der Waals surface area contributed by atoms with Gasteiger partial charge in [-0.2, -0.15) is 0 Å². The Balaban J connectivity index is 4.49. The van der Waals surface area contributed by atoms with Gasteiger partial charge in [-0.25, -0.2) is 0 Å². The minimum atomic E-state index is -0.595. The van der Waals surface area contributed by atoms with Gasteiger partial charge in [-0.05, 0) is 141 Å². The van der Waals surface area contributed by atoms with E-state index in [-0.39, 0.29) is 25.2 Å². The van der Waals surface area contributed by atoms with Crippen molar-refractivity contribution in [2.45, 2.75) is 207 Å². The van der Waals surface area contributed by atoms with Crippen molar-refractivity contribution in [3.05, 3.63) is 158 Å². The van der Waals surface area contributed by atoms with E-state index in [1.807, 2.05) is 0 Å². The number of rotatable bonds is 47. The molecule has 0 aliphatic heterocycles. The van der Waals surface area contributed by atoms with Gasteiger partial charge in [-0.1, -0.05) is 204 Å². The lowest BCUT2D eigenvalue weighted by atomic mass is 10.1. The smallest absolute Gasteiger partial charge is 0.306 e. The third kappa shape index (κ3) is 54.1. The van der Waals surface area contributed by atoms with Crippen molar-refractivity contribution < 1.29 is 23.8 Å². The molecule has 0 rings (SSSR count). The molecule has 5 nitrogen and oxygen atoms in total. The van der Waals surface area contributed by atoms with Crippen LogP contribution in [0.5, 0.6) is 0 Å². The molecule has 0 spiro atoms. The summed E-state index contributed by atoms with van der Waals surface area (Å²) in [5.74, 6) is -0.492. The van der Waals surface area contributed by atoms with E-state index in [2.05, 4.69) is 179 Å². The summed E-state index contributed by atoms with van der Waals surface area (Å²) in [5.41, 5.74) is 0. The van der Waals surface area contributed by atoms with E-state index in [1.165, 1.54) is 6.42 Å². The number of esters is 2. The van der Waals surface area contributed by atoms with Gasteiger partial charge in [0.15, 0.2) is 6.10 Å². The molecule has 0 amide bonds. The van der Waals surface area contributed by atoms with Crippen molar-refractivity contribution >= 4 is 11.9 Å². The van der Waals surface area contributed by atoms with Crippen LogP contribution in [-0.2, 0) is 23.8 Å². The molecule has 68 heavy (non-hydrogen) atoms. The first-order chi connectivity index (χ1) is 33.6. The number of allylic oxidation sites excluding steroid dienone is 26. The Labute approximate surface area is 418 Å². The van der Waals surface area contributed by atoms with Crippen LogP contribution in [0.15, 0.2) is 158 Å². The second-order valence-corrected chi connectivity index (χ2v) is 17.0. The van der Waals surface area contributed by atoms with Gasteiger partial charge in [0.2, 0.25) is 0 Å². The van der Waals surface area contributed by atoms with Crippen LogP contribution in [0.4, 0.5) is 0 Å². The van der Waals surface area contributed by atoms with Gasteiger partial charge in [0.05, 0.1) is 6.61 Å². The van der Waals surface area contributed by atoms with Crippen LogP contribution in [0, 0.1) is 0 Å². The fraction of sp³-hybridized carbons (Fsp3) is 0.556. The Bertz CT molecular complexity index is 1520. The number of ether oxygens (including phenoxy) is 3. The minimum Gasteiger partial charge on any atom is -0.462 e. The van der Waals surface area contributed by atoms with E-state index in [9.17, 15) is 9.59 Å². The van der Waals surface area contributed by atoms with Crippen LogP contribution in [-0.4, -0.2) is 37.9 Å². The summed E-state index contributed by atoms with van der Waals surface area (Å²) in [6.07, 6.45) is 84.0. The van der Waals surface area contributed by atoms with Crippen LogP contribution in [0.3, 0.4) is 0 Å². The van der Waals surface area contributed by atoms with Crippen molar-refractivity contribution in [3.63, 3.8) is 0 Å². The largest absolute Gasteiger partial charge is 0.462 e. The van der Waals surface area contributed by atoms with Crippen molar-refractivity contribution in [1.29, 1.82) is 0 Å². The van der Waals surface area contributed by atoms with Gasteiger partial charge < -0.3 is 14.2 Å². The van der Waals surface area contributed by atoms with E-state index in [0.29, 0.717) is 19.4 Å². The molecule has 0 saturated carbocycles. The minimum absolute atomic E-state index is 0.0316. The summed E-state index contributed by atoms with van der Waals surface area (Å²) >= 11 is 0. The molecule has 1 unspecified atom stereocenters. The summed E-state index contributed by atoms with van der Waals surface area (Å²) in [5, 5.41) is 0. The molecule has 0 aliphatic rings. The van der Waals surface area contributed by atoms with Crippen molar-refractivity contribution in [3.8, 4) is 0 Å². The number of carbonyl (C=O) groups excluding carboxylic acids is 2. The van der Waals surface area contributed by atoms with E-state index < -0.39 is 6.10 Å². The maximum absolute atomic E-state index is 12.8. The van der Waals surface area contributed by atoms with Gasteiger partial charge in [0.25, 0.3) is 0 Å². The molecule has 0 heterocycles. The van der Waals surface area contributed by atoms with Crippen LogP contribution >= 0.6 is 0 Å². The topological polar surface area (TPSA) is 61.8 Å². The summed E-state index contributed by atoms with van der Waals surface area (Å²) in [6.45, 7) is 7.31. The van der Waals surface area contributed by atoms with Crippen molar-refractivity contribution in [1.82, 2.24) is 0 Å². The Hall–Kier alpha value is -4.48. The highest BCUT2D eigenvalue weighted by atomic mass is 16.6. The Morgan fingerprint density at radius 1 is 0.324 bits per heavy atom. The fourth-order valence-electron chi connectivity index (χ4n) is 6.63. The molecule has 0 radical (unpaired) electrons. The molecule has 0 aromatic rings. The summed E-state index contributed by atoms with van der Waals surface area (Å²) < 4.78 is 17.3. The van der Waals surface area contributed by atoms with Crippen molar-refractivity contribution in [2.75, 3.05) is 19.8 Å². The molecule has 0 N–H and O–H groups in total. The number of unbranched alkanes of at least 4 members (excludes halogenated alkanes) is 10. The van der Waals surface area contributed by atoms with Gasteiger partial charge >= 0.3 is 11.9 Å². The lowest BCUT2D eigenvalue weighted by Gasteiger charge is -2.18. The predicted octanol–water partition coefficient (Wildman–Crippen LogP) is 18.7. The molecule has 0 saturated heterocycles. The molecular weight excluding hydrogens is 837 g/mol. The maximum atomic E-state index is 12.8. The zero-order chi connectivity index (χ0) is 49.2. The van der Waals surface area contributed by atoms with E-state index >= 15 is 0 Å². The average molecular weight is 935 g/mol. The number of hydrogen-bond acceptors (Lipinski definition) is 5. The Morgan fingerprint density at radius 3 is 1.00 bits per heavy atom. The predicted molar refractivity (Wildman–Crippen MR) is 297 cm³/mol. The standard InChI is InChI=1S/C63H98O5/c1-4-7-10-13-16-19-22-25-28-30-32-33-36-38-41-44-47-50-53-56-62(64)67-60-61(68-63(65)57-54-51-48-45-42-39-35-27-24-21-18-15-12-9-6-3)59-66-58-55-52-49-46-43-40-37-34-31-29-26-23-20-17-14-11-8-5-2/h7-12,16-21,25-29,32-35,37-38,41,43,46,61H,4-6,13-15,22-24,30-31,36,39-40,42,44-45,47-60H2,1-3H3/b10-7-,11-8-,12-9-,19-16-,20-17-,21-18-,28-25-,29-26-,33-32-,35-27-,37-34-,41-38-,46-43-. The third-order valence-electron chi connectivity index (χ3n) is 10.5. The molecule has 5 heteroatoms. The van der Waals surface area contributed by atoms with Gasteiger partial charge in [0.1, 0.15) is 6.61 Å². The van der Waals surface area contributed by atoms with Crippen LogP contribution in [0.1, 0.15) is 201 Å². The first-order valence-corrected chi connectivity index (χ1v) is 27.0. The quantitative estimate of drug-likeness (QED) is 0.0346. The summed E-state index contributed by atoms with van der Waals surface area (Å²) in [4.78, 5) is 25.5. The van der Waals surface area contributed by atoms with Crippen LogP contribution in [0.2, 0.25) is 0 Å². The monoisotopic (exact) mass is 935 g/mol. The second kappa shape index (κ2) is 56.8. The lowest BCUT2D eigenvalue weighted by molar-refractivity contribution is -0.163. The molecule has 0 aromatic carbocycles. The summed E-state index contributed by atoms with van der Waals surface area (Å²) in [7, 11) is 0. The fourth-order valence-corrected chi connectivity index (χ4v) is 6.63. The molecule has 0 aromatic heterocycles. The van der Waals surface area contributed by atoms with Gasteiger partial charge in [-0.3, -0.25) is 9.59 Å². The van der Waals surface area contributed by atoms with Gasteiger partial charge in [0, 0.05) is 19.4 Å².